The third-order valence-electron chi connectivity index (χ3n) is 1.52. The van der Waals surface area contributed by atoms with Gasteiger partial charge in [0.2, 0.25) is 0 Å². The summed E-state index contributed by atoms with van der Waals surface area (Å²) in [6.45, 7) is -0.0863. The molecule has 58 valence electrons. The Bertz CT molecular complexity index is 149. The second-order valence-electron chi connectivity index (χ2n) is 2.34. The molecule has 1 aliphatic heterocycles. The highest BCUT2D eigenvalue weighted by molar-refractivity contribution is 5.74. The molecule has 0 aromatic carbocycles. The van der Waals surface area contributed by atoms with E-state index >= 15 is 0 Å². The largest absolute Gasteiger partial charge is 0.784 e. The highest BCUT2D eigenvalue weighted by Crippen LogP contribution is 2.15. The van der Waals surface area contributed by atoms with Crippen molar-refractivity contribution in [2.24, 2.45) is 0 Å². The minimum Gasteiger partial charge on any atom is -0.784 e. The Labute approximate surface area is 57.5 Å². The number of β-amino-alcohol motifs (C(OH)–C–C–N with tert-alkyl or cyclic N) is 1. The van der Waals surface area contributed by atoms with Gasteiger partial charge in [0.15, 0.2) is 0 Å². The number of hydrogen-bond donors (Lipinski definition) is 2. The first-order chi connectivity index (χ1) is 4.61. The highest BCUT2D eigenvalue weighted by atomic mass is 16.5. The van der Waals surface area contributed by atoms with Gasteiger partial charge in [-0.3, -0.25) is 4.79 Å². The summed E-state index contributed by atoms with van der Waals surface area (Å²) in [6.07, 6.45) is -0.739. The maximum Gasteiger partial charge on any atom is 0.320 e. The number of hydroxylamine groups is 2. The zero-order chi connectivity index (χ0) is 7.72. The molecule has 5 heteroatoms. The first kappa shape index (κ1) is 7.46. The van der Waals surface area contributed by atoms with Crippen molar-refractivity contribution in [2.45, 2.75) is 18.6 Å². The topological polar surface area (TPSA) is 83.8 Å². The molecule has 0 aromatic rings. The van der Waals surface area contributed by atoms with E-state index in [1.165, 1.54) is 0 Å². The molecule has 0 aromatic heterocycles. The van der Waals surface area contributed by atoms with E-state index in [9.17, 15) is 10.0 Å². The van der Waals surface area contributed by atoms with Crippen LogP contribution in [0, 0.1) is 5.21 Å². The van der Waals surface area contributed by atoms with Crippen molar-refractivity contribution in [2.75, 3.05) is 6.54 Å². The molecule has 0 unspecified atom stereocenters. The van der Waals surface area contributed by atoms with E-state index in [4.69, 9.17) is 10.2 Å². The number of aliphatic hydroxyl groups excluding tert-OH is 1. The molecular formula is C5H8NO4-. The van der Waals surface area contributed by atoms with E-state index in [1.54, 1.807) is 0 Å². The third-order valence-corrected chi connectivity index (χ3v) is 1.52. The summed E-state index contributed by atoms with van der Waals surface area (Å²) in [5.41, 5.74) is 0. The highest BCUT2D eigenvalue weighted by Gasteiger charge is 2.29. The average Bonchev–Trinajstić information content (AvgIpc) is 2.10. The Morgan fingerprint density at radius 3 is 2.50 bits per heavy atom. The van der Waals surface area contributed by atoms with Gasteiger partial charge in [-0.15, -0.1) is 0 Å². The van der Waals surface area contributed by atoms with Crippen LogP contribution in [0.3, 0.4) is 0 Å². The number of aliphatic hydroxyl groups is 1. The van der Waals surface area contributed by atoms with Crippen LogP contribution in [0.1, 0.15) is 6.42 Å². The van der Waals surface area contributed by atoms with Gasteiger partial charge in [0.05, 0.1) is 12.1 Å². The summed E-state index contributed by atoms with van der Waals surface area (Å²) in [7, 11) is 0. The van der Waals surface area contributed by atoms with Crippen LogP contribution >= 0.6 is 0 Å². The fourth-order valence-electron chi connectivity index (χ4n) is 1.01. The molecular weight excluding hydrogens is 138 g/mol. The monoisotopic (exact) mass is 146 g/mol. The molecule has 0 bridgehead atoms. The molecule has 1 aliphatic rings. The number of aliphatic carboxylic acids is 1. The number of rotatable bonds is 1. The average molecular weight is 146 g/mol. The summed E-state index contributed by atoms with van der Waals surface area (Å²) < 4.78 is 0. The Kier molecular flexibility index (Phi) is 1.89. The van der Waals surface area contributed by atoms with Crippen molar-refractivity contribution in [3.63, 3.8) is 0 Å². The van der Waals surface area contributed by atoms with Gasteiger partial charge in [-0.1, -0.05) is 0 Å². The smallest absolute Gasteiger partial charge is 0.320 e. The molecule has 0 radical (unpaired) electrons. The van der Waals surface area contributed by atoms with Gasteiger partial charge in [0.1, 0.15) is 0 Å². The van der Waals surface area contributed by atoms with Crippen molar-refractivity contribution < 1.29 is 15.0 Å². The summed E-state index contributed by atoms with van der Waals surface area (Å²) in [5.74, 6) is -1.16. The lowest BCUT2D eigenvalue weighted by atomic mass is 10.2. The lowest BCUT2D eigenvalue weighted by molar-refractivity contribution is -0.141. The minimum absolute atomic E-state index is 0.0405. The molecule has 1 rings (SSSR count). The van der Waals surface area contributed by atoms with E-state index in [1.807, 2.05) is 0 Å². The van der Waals surface area contributed by atoms with E-state index in [0.717, 1.165) is 0 Å². The number of nitrogens with zero attached hydrogens (tertiary/aromatic N) is 1. The SMILES string of the molecule is O=C(O)[C@@H]1C[C@@H](O)CN1[O-]. The molecule has 2 N–H and O–H groups in total. The molecule has 1 fully saturated rings. The Balaban J connectivity index is 2.54. The number of carboxylic acid groups (broad SMARTS) is 1. The van der Waals surface area contributed by atoms with Crippen LogP contribution in [-0.4, -0.2) is 39.9 Å². The molecule has 5 nitrogen and oxygen atoms in total. The van der Waals surface area contributed by atoms with Crippen LogP contribution in [0.15, 0.2) is 0 Å². The van der Waals surface area contributed by atoms with Gasteiger partial charge in [-0.25, -0.2) is 0 Å². The summed E-state index contributed by atoms with van der Waals surface area (Å²) in [5, 5.41) is 28.2. The van der Waals surface area contributed by atoms with Gasteiger partial charge < -0.3 is 20.5 Å². The zero-order valence-corrected chi connectivity index (χ0v) is 5.23. The third kappa shape index (κ3) is 1.26. The minimum atomic E-state index is -1.16. The lowest BCUT2D eigenvalue weighted by Gasteiger charge is -2.25. The fourth-order valence-corrected chi connectivity index (χ4v) is 1.01. The number of carbonyl (C=O) groups is 1. The lowest BCUT2D eigenvalue weighted by Crippen LogP contribution is -2.31. The van der Waals surface area contributed by atoms with Gasteiger partial charge in [-0.2, -0.15) is 0 Å². The predicted molar refractivity (Wildman–Crippen MR) is 32.1 cm³/mol. The molecule has 1 heterocycles. The Hall–Kier alpha value is -0.650. The van der Waals surface area contributed by atoms with Gasteiger partial charge >= 0.3 is 5.97 Å². The molecule has 1 saturated heterocycles. The summed E-state index contributed by atoms with van der Waals surface area (Å²) >= 11 is 0. The van der Waals surface area contributed by atoms with Crippen molar-refractivity contribution in [1.82, 2.24) is 5.06 Å². The summed E-state index contributed by atoms with van der Waals surface area (Å²) in [6, 6.07) is -1.05. The van der Waals surface area contributed by atoms with Crippen molar-refractivity contribution in [1.29, 1.82) is 0 Å². The van der Waals surface area contributed by atoms with Crippen LogP contribution < -0.4 is 0 Å². The standard InChI is InChI=1S/C5H8NO4/c7-3-1-4(5(8)9)6(10)2-3/h3-4,7H,1-2H2,(H,8,9)/q-1/t3-,4+/m1/s1. The zero-order valence-electron chi connectivity index (χ0n) is 5.23. The normalized spacial score (nSPS) is 34.6. The molecule has 0 amide bonds. The van der Waals surface area contributed by atoms with Crippen molar-refractivity contribution >= 4 is 5.97 Å². The molecule has 2 atom stereocenters. The Morgan fingerprint density at radius 2 is 2.30 bits per heavy atom. The van der Waals surface area contributed by atoms with Gasteiger partial charge in [-0.05, 0) is 6.42 Å². The van der Waals surface area contributed by atoms with Crippen LogP contribution in [0.25, 0.3) is 0 Å². The van der Waals surface area contributed by atoms with E-state index < -0.39 is 18.1 Å². The van der Waals surface area contributed by atoms with Crippen LogP contribution in [0.5, 0.6) is 0 Å². The number of carboxylic acids is 1. The Morgan fingerprint density at radius 1 is 1.70 bits per heavy atom. The molecule has 0 saturated carbocycles. The van der Waals surface area contributed by atoms with Gasteiger partial charge in [0.25, 0.3) is 0 Å². The van der Waals surface area contributed by atoms with Crippen LogP contribution in [0.2, 0.25) is 0 Å². The van der Waals surface area contributed by atoms with Crippen LogP contribution in [0.4, 0.5) is 0 Å². The van der Waals surface area contributed by atoms with Gasteiger partial charge in [0, 0.05) is 6.54 Å². The van der Waals surface area contributed by atoms with Crippen molar-refractivity contribution in [3.05, 3.63) is 5.21 Å². The summed E-state index contributed by atoms with van der Waals surface area (Å²) in [4.78, 5) is 10.2. The van der Waals surface area contributed by atoms with E-state index in [2.05, 4.69) is 0 Å². The molecule has 10 heavy (non-hydrogen) atoms. The molecule has 0 aliphatic carbocycles. The van der Waals surface area contributed by atoms with E-state index in [-0.39, 0.29) is 13.0 Å². The first-order valence-corrected chi connectivity index (χ1v) is 2.96. The first-order valence-electron chi connectivity index (χ1n) is 2.96. The van der Waals surface area contributed by atoms with E-state index in [0.29, 0.717) is 5.06 Å². The maximum atomic E-state index is 10.6. The second kappa shape index (κ2) is 2.53. The number of hydrogen-bond acceptors (Lipinski definition) is 4. The quantitative estimate of drug-likeness (QED) is 0.496. The predicted octanol–water partition coefficient (Wildman–Crippen LogP) is -0.996. The second-order valence-corrected chi connectivity index (χ2v) is 2.34. The van der Waals surface area contributed by atoms with Crippen molar-refractivity contribution in [3.8, 4) is 0 Å². The maximum absolute atomic E-state index is 10.6. The van der Waals surface area contributed by atoms with Crippen LogP contribution in [-0.2, 0) is 4.79 Å². The molecule has 0 spiro atoms. The fraction of sp³-hybridized carbons (Fsp3) is 0.800.